The summed E-state index contributed by atoms with van der Waals surface area (Å²) in [6.07, 6.45) is 0. The van der Waals surface area contributed by atoms with Crippen LogP contribution in [0.1, 0.15) is 28.4 Å². The van der Waals surface area contributed by atoms with Crippen LogP contribution in [0.2, 0.25) is 0 Å². The van der Waals surface area contributed by atoms with Crippen LogP contribution in [-0.4, -0.2) is 37.0 Å². The van der Waals surface area contributed by atoms with Crippen LogP contribution in [0.25, 0.3) is 0 Å². The third-order valence-corrected chi connectivity index (χ3v) is 4.08. The fourth-order valence-electron chi connectivity index (χ4n) is 2.59. The maximum absolute atomic E-state index is 13.8. The number of halogens is 1. The van der Waals surface area contributed by atoms with E-state index in [-0.39, 0.29) is 36.1 Å². The zero-order valence-electron chi connectivity index (χ0n) is 15.6. The van der Waals surface area contributed by atoms with Gasteiger partial charge in [0.2, 0.25) is 0 Å². The SMILES string of the molecule is CCN(Cc1ccc(OC)c(F)c1)C(=O)COc1cc(C)ccc1C(N)=O. The molecule has 2 amide bonds. The zero-order valence-corrected chi connectivity index (χ0v) is 15.6. The van der Waals surface area contributed by atoms with Gasteiger partial charge in [0.05, 0.1) is 12.7 Å². The molecule has 2 rings (SSSR count). The molecular formula is C20H23FN2O4. The number of ether oxygens (including phenoxy) is 2. The van der Waals surface area contributed by atoms with E-state index < -0.39 is 11.7 Å². The number of nitrogens with two attached hydrogens (primary N) is 1. The van der Waals surface area contributed by atoms with Gasteiger partial charge in [0.15, 0.2) is 18.2 Å². The summed E-state index contributed by atoms with van der Waals surface area (Å²) in [5, 5.41) is 0. The fraction of sp³-hybridized carbons (Fsp3) is 0.300. The summed E-state index contributed by atoms with van der Waals surface area (Å²) in [5.41, 5.74) is 7.07. The van der Waals surface area contributed by atoms with Crippen LogP contribution in [0.3, 0.4) is 0 Å². The van der Waals surface area contributed by atoms with Gasteiger partial charge in [-0.05, 0) is 49.2 Å². The number of benzene rings is 2. The summed E-state index contributed by atoms with van der Waals surface area (Å²) in [6.45, 7) is 4.06. The summed E-state index contributed by atoms with van der Waals surface area (Å²) < 4.78 is 24.3. The number of hydrogen-bond acceptors (Lipinski definition) is 4. The quantitative estimate of drug-likeness (QED) is 0.770. The van der Waals surface area contributed by atoms with Crippen molar-refractivity contribution in [3.8, 4) is 11.5 Å². The molecule has 27 heavy (non-hydrogen) atoms. The Morgan fingerprint density at radius 1 is 1.15 bits per heavy atom. The fourth-order valence-corrected chi connectivity index (χ4v) is 2.59. The van der Waals surface area contributed by atoms with Gasteiger partial charge in [-0.2, -0.15) is 0 Å². The zero-order chi connectivity index (χ0) is 20.0. The normalized spacial score (nSPS) is 10.4. The standard InChI is InChI=1S/C20H23FN2O4/c1-4-23(11-14-6-8-17(26-3)16(21)10-14)19(24)12-27-18-9-13(2)5-7-15(18)20(22)25/h5-10H,4,11-12H2,1-3H3,(H2,22,25). The van der Waals surface area contributed by atoms with Crippen LogP contribution >= 0.6 is 0 Å². The van der Waals surface area contributed by atoms with Gasteiger partial charge in [0.25, 0.3) is 11.8 Å². The maximum Gasteiger partial charge on any atom is 0.260 e. The second kappa shape index (κ2) is 9.02. The van der Waals surface area contributed by atoms with Gasteiger partial charge < -0.3 is 20.1 Å². The van der Waals surface area contributed by atoms with Crippen molar-refractivity contribution in [2.45, 2.75) is 20.4 Å². The van der Waals surface area contributed by atoms with Crippen molar-refractivity contribution in [1.29, 1.82) is 0 Å². The molecule has 0 aliphatic rings. The molecule has 0 unspecified atom stereocenters. The summed E-state index contributed by atoms with van der Waals surface area (Å²) in [7, 11) is 1.39. The van der Waals surface area contributed by atoms with Crippen LogP contribution < -0.4 is 15.2 Å². The summed E-state index contributed by atoms with van der Waals surface area (Å²) >= 11 is 0. The lowest BCUT2D eigenvalue weighted by atomic mass is 10.1. The third kappa shape index (κ3) is 5.20. The Kier molecular flexibility index (Phi) is 6.76. The molecule has 2 N–H and O–H groups in total. The summed E-state index contributed by atoms with van der Waals surface area (Å²) in [6, 6.07) is 9.51. The van der Waals surface area contributed by atoms with E-state index in [1.165, 1.54) is 24.1 Å². The van der Waals surface area contributed by atoms with E-state index in [4.69, 9.17) is 15.2 Å². The average Bonchev–Trinajstić information content (AvgIpc) is 2.64. The number of primary amides is 1. The minimum atomic E-state index is -0.626. The first-order valence-electron chi connectivity index (χ1n) is 8.49. The molecule has 2 aromatic rings. The second-order valence-corrected chi connectivity index (χ2v) is 6.03. The minimum Gasteiger partial charge on any atom is -0.494 e. The lowest BCUT2D eigenvalue weighted by molar-refractivity contribution is -0.133. The van der Waals surface area contributed by atoms with E-state index in [9.17, 15) is 14.0 Å². The van der Waals surface area contributed by atoms with Crippen molar-refractivity contribution in [2.75, 3.05) is 20.3 Å². The average molecular weight is 374 g/mol. The van der Waals surface area contributed by atoms with Crippen molar-refractivity contribution >= 4 is 11.8 Å². The number of hydrogen-bond donors (Lipinski definition) is 1. The Bertz CT molecular complexity index is 839. The maximum atomic E-state index is 13.8. The predicted octanol–water partition coefficient (Wildman–Crippen LogP) is 2.67. The van der Waals surface area contributed by atoms with Gasteiger partial charge in [0, 0.05) is 13.1 Å². The van der Waals surface area contributed by atoms with Gasteiger partial charge in [-0.25, -0.2) is 4.39 Å². The van der Waals surface area contributed by atoms with E-state index in [1.54, 1.807) is 24.3 Å². The smallest absolute Gasteiger partial charge is 0.260 e. The van der Waals surface area contributed by atoms with E-state index >= 15 is 0 Å². The molecule has 0 heterocycles. The number of methoxy groups -OCH3 is 1. The van der Waals surface area contributed by atoms with Gasteiger partial charge in [-0.15, -0.1) is 0 Å². The topological polar surface area (TPSA) is 81.9 Å². The molecule has 0 saturated heterocycles. The molecule has 2 aromatic carbocycles. The predicted molar refractivity (Wildman–Crippen MR) is 99.2 cm³/mol. The lowest BCUT2D eigenvalue weighted by Crippen LogP contribution is -2.34. The number of carbonyl (C=O) groups is 2. The molecule has 144 valence electrons. The van der Waals surface area contributed by atoms with Crippen LogP contribution in [-0.2, 0) is 11.3 Å². The van der Waals surface area contributed by atoms with Gasteiger partial charge in [-0.1, -0.05) is 12.1 Å². The van der Waals surface area contributed by atoms with Gasteiger partial charge >= 0.3 is 0 Å². The highest BCUT2D eigenvalue weighted by molar-refractivity contribution is 5.95. The molecule has 0 saturated carbocycles. The molecule has 0 radical (unpaired) electrons. The third-order valence-electron chi connectivity index (χ3n) is 4.08. The Labute approximate surface area is 157 Å². The van der Waals surface area contributed by atoms with Crippen LogP contribution in [0.5, 0.6) is 11.5 Å². The Morgan fingerprint density at radius 3 is 2.48 bits per heavy atom. The Balaban J connectivity index is 2.06. The molecule has 0 aliphatic heterocycles. The van der Waals surface area contributed by atoms with E-state index in [2.05, 4.69) is 0 Å². The molecule has 0 bridgehead atoms. The highest BCUT2D eigenvalue weighted by Crippen LogP contribution is 2.21. The monoisotopic (exact) mass is 374 g/mol. The molecular weight excluding hydrogens is 351 g/mol. The Morgan fingerprint density at radius 2 is 1.89 bits per heavy atom. The van der Waals surface area contributed by atoms with Gasteiger partial charge in [0.1, 0.15) is 5.75 Å². The molecule has 0 spiro atoms. The van der Waals surface area contributed by atoms with Crippen LogP contribution in [0, 0.1) is 12.7 Å². The van der Waals surface area contributed by atoms with Crippen molar-refractivity contribution in [3.05, 3.63) is 58.9 Å². The van der Waals surface area contributed by atoms with Crippen molar-refractivity contribution in [2.24, 2.45) is 5.73 Å². The first-order chi connectivity index (χ1) is 12.8. The molecule has 0 aromatic heterocycles. The van der Waals surface area contributed by atoms with E-state index in [0.717, 1.165) is 5.56 Å². The van der Waals surface area contributed by atoms with Crippen molar-refractivity contribution < 1.29 is 23.5 Å². The van der Waals surface area contributed by atoms with Crippen molar-refractivity contribution in [1.82, 2.24) is 4.90 Å². The number of rotatable bonds is 8. The van der Waals surface area contributed by atoms with Crippen LogP contribution in [0.4, 0.5) is 4.39 Å². The summed E-state index contributed by atoms with van der Waals surface area (Å²) in [5.74, 6) is -0.984. The number of aryl methyl sites for hydroxylation is 1. The molecule has 0 atom stereocenters. The van der Waals surface area contributed by atoms with Gasteiger partial charge in [-0.3, -0.25) is 9.59 Å². The molecule has 0 aliphatic carbocycles. The largest absolute Gasteiger partial charge is 0.494 e. The second-order valence-electron chi connectivity index (χ2n) is 6.03. The highest BCUT2D eigenvalue weighted by atomic mass is 19.1. The Hall–Kier alpha value is -3.09. The van der Waals surface area contributed by atoms with E-state index in [0.29, 0.717) is 12.1 Å². The lowest BCUT2D eigenvalue weighted by Gasteiger charge is -2.21. The molecule has 7 heteroatoms. The highest BCUT2D eigenvalue weighted by Gasteiger charge is 2.16. The number of carbonyl (C=O) groups excluding carboxylic acids is 2. The van der Waals surface area contributed by atoms with Crippen molar-refractivity contribution in [3.63, 3.8) is 0 Å². The molecule has 6 nitrogen and oxygen atoms in total. The first-order valence-corrected chi connectivity index (χ1v) is 8.49. The first kappa shape index (κ1) is 20.2. The van der Waals surface area contributed by atoms with E-state index in [1.807, 2.05) is 13.8 Å². The minimum absolute atomic E-state index is 0.148. The molecule has 0 fully saturated rings. The number of amides is 2. The number of likely N-dealkylation sites (N-methyl/N-ethyl adjacent to an activating group) is 1. The van der Waals surface area contributed by atoms with Crippen LogP contribution in [0.15, 0.2) is 36.4 Å². The number of nitrogens with zero attached hydrogens (tertiary/aromatic N) is 1. The summed E-state index contributed by atoms with van der Waals surface area (Å²) in [4.78, 5) is 25.5.